The molecule has 198 valence electrons. The van der Waals surface area contributed by atoms with Crippen molar-refractivity contribution >= 4 is 27.3 Å². The number of hydrogen-bond donors (Lipinski definition) is 0. The van der Waals surface area contributed by atoms with Crippen LogP contribution in [0.25, 0.3) is 38.6 Å². The van der Waals surface area contributed by atoms with Gasteiger partial charge in [-0.3, -0.25) is 4.40 Å². The van der Waals surface area contributed by atoms with E-state index in [1.165, 1.54) is 56.0 Å². The number of fused-ring (bicyclic) bond motifs is 6. The summed E-state index contributed by atoms with van der Waals surface area (Å²) in [6.45, 7) is 23.5. The molecule has 0 fully saturated rings. The van der Waals surface area contributed by atoms with Crippen LogP contribution in [0.4, 0.5) is 0 Å². The molecule has 0 spiro atoms. The average Bonchev–Trinajstić information content (AvgIpc) is 3.31. The van der Waals surface area contributed by atoms with Gasteiger partial charge in [-0.05, 0) is 59.9 Å². The van der Waals surface area contributed by atoms with Gasteiger partial charge in [0.1, 0.15) is 5.65 Å². The molecule has 0 saturated carbocycles. The second kappa shape index (κ2) is 13.4. The van der Waals surface area contributed by atoms with Crippen LogP contribution in [-0.4, -0.2) is 9.38 Å². The zero-order valence-electron chi connectivity index (χ0n) is 25.2. The fraction of sp³-hybridized carbons (Fsp3) is 0.400. The molecule has 0 aliphatic carbocycles. The number of hydrogen-bond acceptors (Lipinski definition) is 1. The van der Waals surface area contributed by atoms with E-state index in [-0.39, 0.29) is 5.41 Å². The quantitative estimate of drug-likeness (QED) is 0.222. The monoisotopic (exact) mass is 496 g/mol. The third-order valence-corrected chi connectivity index (χ3v) is 5.99. The Hall–Kier alpha value is -3.13. The first-order valence-electron chi connectivity index (χ1n) is 14.1. The summed E-state index contributed by atoms with van der Waals surface area (Å²) in [5.74, 6) is 0. The number of rotatable bonds is 2. The minimum absolute atomic E-state index is 0.256. The van der Waals surface area contributed by atoms with Gasteiger partial charge in [0.15, 0.2) is 0 Å². The van der Waals surface area contributed by atoms with Crippen molar-refractivity contribution in [1.29, 1.82) is 0 Å². The number of imidazole rings is 1. The van der Waals surface area contributed by atoms with Crippen molar-refractivity contribution in [1.82, 2.24) is 9.38 Å². The predicted octanol–water partition coefficient (Wildman–Crippen LogP) is 11.0. The molecule has 5 rings (SSSR count). The van der Waals surface area contributed by atoms with Gasteiger partial charge in [-0.2, -0.15) is 0 Å². The summed E-state index contributed by atoms with van der Waals surface area (Å²) in [5.41, 5.74) is 8.89. The van der Waals surface area contributed by atoms with Crippen LogP contribution in [0.3, 0.4) is 0 Å². The summed E-state index contributed by atoms with van der Waals surface area (Å²) in [6.07, 6.45) is 4.35. The highest BCUT2D eigenvalue weighted by molar-refractivity contribution is 6.12. The summed E-state index contributed by atoms with van der Waals surface area (Å²) < 4.78 is 2.36. The van der Waals surface area contributed by atoms with Crippen molar-refractivity contribution in [3.8, 4) is 11.3 Å². The molecule has 0 saturated heterocycles. The standard InChI is InChI=1S/C28H28N2.C3H8.2C2H6/c1-18-9-8-10-19(2)26(18)25-17-29-27-22-12-7-6-11-21(22)23-15-20(16-28(3,4)5)13-14-24(23)30(25)27;1-3-2;2*1-2/h6-15,17H,16H2,1-5H3;3H2,1-2H3;2*1-2H3. The normalized spacial score (nSPS) is 10.8. The van der Waals surface area contributed by atoms with Gasteiger partial charge in [0, 0.05) is 16.3 Å². The van der Waals surface area contributed by atoms with Gasteiger partial charge in [-0.25, -0.2) is 4.98 Å². The lowest BCUT2D eigenvalue weighted by Gasteiger charge is -2.19. The Morgan fingerprint density at radius 3 is 1.86 bits per heavy atom. The van der Waals surface area contributed by atoms with E-state index in [0.29, 0.717) is 0 Å². The highest BCUT2D eigenvalue weighted by Gasteiger charge is 2.18. The molecule has 2 heteroatoms. The molecule has 37 heavy (non-hydrogen) atoms. The van der Waals surface area contributed by atoms with Crippen molar-refractivity contribution in [3.05, 3.63) is 83.6 Å². The molecule has 0 aliphatic rings. The lowest BCUT2D eigenvalue weighted by Crippen LogP contribution is -2.09. The van der Waals surface area contributed by atoms with Gasteiger partial charge in [-0.1, -0.05) is 117 Å². The Morgan fingerprint density at radius 2 is 1.30 bits per heavy atom. The lowest BCUT2D eigenvalue weighted by atomic mass is 9.87. The number of benzene rings is 3. The van der Waals surface area contributed by atoms with Gasteiger partial charge in [-0.15, -0.1) is 0 Å². The highest BCUT2D eigenvalue weighted by atomic mass is 15.0. The second-order valence-electron chi connectivity index (χ2n) is 10.4. The minimum atomic E-state index is 0.256. The van der Waals surface area contributed by atoms with E-state index in [4.69, 9.17) is 4.98 Å². The van der Waals surface area contributed by atoms with E-state index in [9.17, 15) is 0 Å². The van der Waals surface area contributed by atoms with E-state index in [0.717, 1.165) is 12.1 Å². The second-order valence-corrected chi connectivity index (χ2v) is 10.4. The molecule has 2 nitrogen and oxygen atoms in total. The Kier molecular flexibility index (Phi) is 10.9. The maximum Gasteiger partial charge on any atom is 0.145 e. The maximum atomic E-state index is 4.90. The first-order valence-corrected chi connectivity index (χ1v) is 14.1. The van der Waals surface area contributed by atoms with Crippen molar-refractivity contribution in [3.63, 3.8) is 0 Å². The van der Waals surface area contributed by atoms with Crippen LogP contribution in [0.5, 0.6) is 0 Å². The molecule has 0 atom stereocenters. The third-order valence-electron chi connectivity index (χ3n) is 5.99. The summed E-state index contributed by atoms with van der Waals surface area (Å²) in [6, 6.07) is 22.1. The van der Waals surface area contributed by atoms with E-state index in [1.54, 1.807) is 0 Å². The topological polar surface area (TPSA) is 17.3 Å². The molecule has 0 aliphatic heterocycles. The van der Waals surface area contributed by atoms with Gasteiger partial charge in [0.25, 0.3) is 0 Å². The molecule has 0 bridgehead atoms. The molecule has 2 aromatic heterocycles. The van der Waals surface area contributed by atoms with Crippen LogP contribution in [0, 0.1) is 19.3 Å². The van der Waals surface area contributed by atoms with Crippen LogP contribution < -0.4 is 0 Å². The van der Waals surface area contributed by atoms with Crippen LogP contribution in [0.1, 0.15) is 85.4 Å². The molecule has 0 amide bonds. The van der Waals surface area contributed by atoms with Crippen molar-refractivity contribution in [2.24, 2.45) is 5.41 Å². The van der Waals surface area contributed by atoms with Gasteiger partial charge in [0.2, 0.25) is 0 Å². The maximum absolute atomic E-state index is 4.90. The molecule has 0 radical (unpaired) electrons. The summed E-state index contributed by atoms with van der Waals surface area (Å²) >= 11 is 0. The van der Waals surface area contributed by atoms with Crippen LogP contribution in [0.15, 0.2) is 66.9 Å². The molecular formula is C35H48N2. The zero-order valence-corrected chi connectivity index (χ0v) is 25.2. The molecular weight excluding hydrogens is 448 g/mol. The summed E-state index contributed by atoms with van der Waals surface area (Å²) in [5, 5.41) is 3.77. The smallest absolute Gasteiger partial charge is 0.145 e. The minimum Gasteiger partial charge on any atom is -0.292 e. The van der Waals surface area contributed by atoms with Crippen LogP contribution >= 0.6 is 0 Å². The highest BCUT2D eigenvalue weighted by Crippen LogP contribution is 2.36. The van der Waals surface area contributed by atoms with E-state index in [2.05, 4.69) is 114 Å². The number of nitrogens with zero attached hydrogens (tertiary/aromatic N) is 2. The van der Waals surface area contributed by atoms with Gasteiger partial charge >= 0.3 is 0 Å². The van der Waals surface area contributed by atoms with Gasteiger partial charge in [0.05, 0.1) is 17.4 Å². The van der Waals surface area contributed by atoms with Crippen LogP contribution in [-0.2, 0) is 6.42 Å². The summed E-state index contributed by atoms with van der Waals surface area (Å²) in [7, 11) is 0. The SMILES string of the molecule is CC.CC.CCC.Cc1cccc(C)c1-c1cnc2c3ccccc3c3cc(CC(C)(C)C)ccc3n12. The average molecular weight is 497 g/mol. The van der Waals surface area contributed by atoms with E-state index >= 15 is 0 Å². The molecule has 3 aromatic carbocycles. The first kappa shape index (κ1) is 30.1. The van der Waals surface area contributed by atoms with Crippen molar-refractivity contribution < 1.29 is 0 Å². The Bertz CT molecular complexity index is 1410. The largest absolute Gasteiger partial charge is 0.292 e. The fourth-order valence-corrected chi connectivity index (χ4v) is 4.81. The van der Waals surface area contributed by atoms with Crippen LogP contribution in [0.2, 0.25) is 0 Å². The van der Waals surface area contributed by atoms with Gasteiger partial charge < -0.3 is 0 Å². The molecule has 0 N–H and O–H groups in total. The Morgan fingerprint density at radius 1 is 0.730 bits per heavy atom. The molecule has 5 aromatic rings. The number of pyridine rings is 1. The number of aryl methyl sites for hydroxylation is 2. The molecule has 0 unspecified atom stereocenters. The third kappa shape index (κ3) is 6.60. The number of aromatic nitrogens is 2. The predicted molar refractivity (Wildman–Crippen MR) is 167 cm³/mol. The molecule has 2 heterocycles. The van der Waals surface area contributed by atoms with Crippen molar-refractivity contribution in [2.45, 2.75) is 89.0 Å². The Balaban J connectivity index is 0.000000630. The Labute approximate surface area is 225 Å². The zero-order chi connectivity index (χ0) is 27.8. The van der Waals surface area contributed by atoms with E-state index < -0.39 is 0 Å². The fourth-order valence-electron chi connectivity index (χ4n) is 4.81. The first-order chi connectivity index (χ1) is 17.7. The van der Waals surface area contributed by atoms with Crippen molar-refractivity contribution in [2.75, 3.05) is 0 Å². The summed E-state index contributed by atoms with van der Waals surface area (Å²) in [4.78, 5) is 4.90. The lowest BCUT2D eigenvalue weighted by molar-refractivity contribution is 0.411. The van der Waals surface area contributed by atoms with E-state index in [1.807, 2.05) is 33.9 Å².